The first-order valence-corrected chi connectivity index (χ1v) is 8.90. The van der Waals surface area contributed by atoms with Crippen LogP contribution in [0.1, 0.15) is 47.2 Å². The molecule has 5 heteroatoms. The van der Waals surface area contributed by atoms with Gasteiger partial charge in [0.1, 0.15) is 0 Å². The van der Waals surface area contributed by atoms with Gasteiger partial charge in [0.25, 0.3) is 5.91 Å². The summed E-state index contributed by atoms with van der Waals surface area (Å²) in [6.07, 6.45) is 0.692. The third kappa shape index (κ3) is 6.27. The van der Waals surface area contributed by atoms with Crippen molar-refractivity contribution in [2.75, 3.05) is 6.61 Å². The van der Waals surface area contributed by atoms with Crippen LogP contribution in [0.3, 0.4) is 0 Å². The smallest absolute Gasteiger partial charge is 0.306 e. The van der Waals surface area contributed by atoms with E-state index >= 15 is 0 Å². The van der Waals surface area contributed by atoms with Gasteiger partial charge in [0.15, 0.2) is 6.61 Å². The molecule has 0 fully saturated rings. The molecule has 2 aromatic carbocycles. The number of amides is 1. The Kier molecular flexibility index (Phi) is 7.13. The van der Waals surface area contributed by atoms with Gasteiger partial charge in [-0.15, -0.1) is 0 Å². The standard InChI is InChI=1S/C22H24N2O3/c1-15-4-10-20(12-16(15)2)17(3)24-21(25)14-27-22(26)11-9-18-5-7-19(13-23)8-6-18/h4-8,10,12,17H,9,11,14H2,1-3H3,(H,24,25). The number of aryl methyl sites for hydroxylation is 3. The molecular formula is C22H24N2O3. The molecule has 0 spiro atoms. The summed E-state index contributed by atoms with van der Waals surface area (Å²) >= 11 is 0. The number of nitrogens with one attached hydrogen (secondary N) is 1. The highest BCUT2D eigenvalue weighted by atomic mass is 16.5. The number of hydrogen-bond acceptors (Lipinski definition) is 4. The third-order valence-electron chi connectivity index (χ3n) is 4.47. The lowest BCUT2D eigenvalue weighted by Gasteiger charge is -2.15. The molecule has 1 atom stereocenters. The summed E-state index contributed by atoms with van der Waals surface area (Å²) in [6, 6.07) is 15.0. The van der Waals surface area contributed by atoms with E-state index in [0.717, 1.165) is 11.1 Å². The van der Waals surface area contributed by atoms with Crippen molar-refractivity contribution in [3.05, 3.63) is 70.3 Å². The number of benzene rings is 2. The summed E-state index contributed by atoms with van der Waals surface area (Å²) in [5.74, 6) is -0.749. The van der Waals surface area contributed by atoms with E-state index in [1.54, 1.807) is 12.1 Å². The van der Waals surface area contributed by atoms with E-state index < -0.39 is 5.97 Å². The van der Waals surface area contributed by atoms with Gasteiger partial charge in [-0.25, -0.2) is 0 Å². The van der Waals surface area contributed by atoms with Gasteiger partial charge in [-0.3, -0.25) is 9.59 Å². The van der Waals surface area contributed by atoms with Gasteiger partial charge in [-0.2, -0.15) is 5.26 Å². The monoisotopic (exact) mass is 364 g/mol. The van der Waals surface area contributed by atoms with Crippen LogP contribution in [0.25, 0.3) is 0 Å². The van der Waals surface area contributed by atoms with Crippen LogP contribution in [-0.4, -0.2) is 18.5 Å². The van der Waals surface area contributed by atoms with Crippen molar-refractivity contribution in [3.63, 3.8) is 0 Å². The van der Waals surface area contributed by atoms with Crippen LogP contribution in [0.4, 0.5) is 0 Å². The third-order valence-corrected chi connectivity index (χ3v) is 4.47. The Labute approximate surface area is 160 Å². The molecule has 0 aliphatic rings. The Morgan fingerprint density at radius 3 is 2.44 bits per heavy atom. The highest BCUT2D eigenvalue weighted by Crippen LogP contribution is 2.16. The lowest BCUT2D eigenvalue weighted by Crippen LogP contribution is -2.31. The lowest BCUT2D eigenvalue weighted by molar-refractivity contribution is -0.148. The maximum atomic E-state index is 12.0. The molecule has 140 valence electrons. The molecule has 2 aromatic rings. The maximum Gasteiger partial charge on any atom is 0.306 e. The highest BCUT2D eigenvalue weighted by Gasteiger charge is 2.12. The van der Waals surface area contributed by atoms with Gasteiger partial charge < -0.3 is 10.1 Å². The van der Waals surface area contributed by atoms with Crippen LogP contribution in [0.2, 0.25) is 0 Å². The molecule has 1 N–H and O–H groups in total. The predicted octanol–water partition coefficient (Wildman–Crippen LogP) is 3.53. The first kappa shape index (κ1) is 20.2. The van der Waals surface area contributed by atoms with Gasteiger partial charge in [0, 0.05) is 6.42 Å². The number of nitriles is 1. The van der Waals surface area contributed by atoms with E-state index in [0.29, 0.717) is 12.0 Å². The topological polar surface area (TPSA) is 79.2 Å². The SMILES string of the molecule is Cc1ccc(C(C)NC(=O)COC(=O)CCc2ccc(C#N)cc2)cc1C. The predicted molar refractivity (Wildman–Crippen MR) is 103 cm³/mol. The Balaban J connectivity index is 1.74. The summed E-state index contributed by atoms with van der Waals surface area (Å²) in [6.45, 7) is 5.68. The molecule has 5 nitrogen and oxygen atoms in total. The van der Waals surface area contributed by atoms with Crippen molar-refractivity contribution < 1.29 is 14.3 Å². The number of carbonyl (C=O) groups excluding carboxylic acids is 2. The van der Waals surface area contributed by atoms with Crippen LogP contribution < -0.4 is 5.32 Å². The summed E-state index contributed by atoms with van der Waals surface area (Å²) in [5, 5.41) is 11.6. The second-order valence-corrected chi connectivity index (χ2v) is 6.60. The van der Waals surface area contributed by atoms with E-state index in [9.17, 15) is 9.59 Å². The molecule has 0 saturated carbocycles. The molecule has 0 aliphatic carbocycles. The van der Waals surface area contributed by atoms with Crippen molar-refractivity contribution in [3.8, 4) is 6.07 Å². The zero-order valence-corrected chi connectivity index (χ0v) is 15.9. The zero-order valence-electron chi connectivity index (χ0n) is 15.9. The highest BCUT2D eigenvalue weighted by molar-refractivity contribution is 5.80. The van der Waals surface area contributed by atoms with Gasteiger partial charge in [0.2, 0.25) is 0 Å². The molecule has 0 radical (unpaired) electrons. The van der Waals surface area contributed by atoms with Gasteiger partial charge in [-0.1, -0.05) is 30.3 Å². The van der Waals surface area contributed by atoms with Gasteiger partial charge >= 0.3 is 5.97 Å². The molecule has 1 amide bonds. The minimum Gasteiger partial charge on any atom is -0.456 e. The number of ether oxygens (including phenoxy) is 1. The minimum atomic E-state index is -0.423. The minimum absolute atomic E-state index is 0.158. The second kappa shape index (κ2) is 9.54. The van der Waals surface area contributed by atoms with E-state index in [1.165, 1.54) is 11.1 Å². The summed E-state index contributed by atoms with van der Waals surface area (Å²) in [4.78, 5) is 23.8. The molecule has 27 heavy (non-hydrogen) atoms. The fourth-order valence-corrected chi connectivity index (χ4v) is 2.61. The molecule has 0 aliphatic heterocycles. The summed E-state index contributed by atoms with van der Waals surface area (Å²) in [5.41, 5.74) is 4.91. The zero-order chi connectivity index (χ0) is 19.8. The Hall–Kier alpha value is -3.13. The molecule has 0 aromatic heterocycles. The molecule has 0 heterocycles. The number of rotatable bonds is 7. The average molecular weight is 364 g/mol. The van der Waals surface area contributed by atoms with E-state index in [1.807, 2.05) is 57.2 Å². The Bertz CT molecular complexity index is 851. The summed E-state index contributed by atoms with van der Waals surface area (Å²) in [7, 11) is 0. The van der Waals surface area contributed by atoms with Crippen molar-refractivity contribution in [2.24, 2.45) is 0 Å². The molecule has 2 rings (SSSR count). The van der Waals surface area contributed by atoms with Crippen molar-refractivity contribution in [1.82, 2.24) is 5.32 Å². The summed E-state index contributed by atoms with van der Waals surface area (Å²) < 4.78 is 5.05. The Morgan fingerprint density at radius 1 is 1.11 bits per heavy atom. The maximum absolute atomic E-state index is 12.0. The quantitative estimate of drug-likeness (QED) is 0.762. The van der Waals surface area contributed by atoms with Gasteiger partial charge in [0.05, 0.1) is 17.7 Å². The molecule has 1 unspecified atom stereocenters. The first-order valence-electron chi connectivity index (χ1n) is 8.90. The van der Waals surface area contributed by atoms with Crippen molar-refractivity contribution in [2.45, 2.75) is 39.7 Å². The van der Waals surface area contributed by atoms with Crippen molar-refractivity contribution >= 4 is 11.9 Å². The van der Waals surface area contributed by atoms with Crippen LogP contribution in [0.15, 0.2) is 42.5 Å². The fraction of sp³-hybridized carbons (Fsp3) is 0.318. The lowest BCUT2D eigenvalue weighted by atomic mass is 10.0. The molecule has 0 saturated heterocycles. The van der Waals surface area contributed by atoms with Crippen LogP contribution >= 0.6 is 0 Å². The number of hydrogen-bond donors (Lipinski definition) is 1. The number of esters is 1. The van der Waals surface area contributed by atoms with Crippen LogP contribution in [0.5, 0.6) is 0 Å². The van der Waals surface area contributed by atoms with Crippen molar-refractivity contribution in [1.29, 1.82) is 5.26 Å². The van der Waals surface area contributed by atoms with Crippen LogP contribution in [0, 0.1) is 25.2 Å². The first-order chi connectivity index (χ1) is 12.9. The Morgan fingerprint density at radius 2 is 1.81 bits per heavy atom. The van der Waals surface area contributed by atoms with E-state index in [-0.39, 0.29) is 25.0 Å². The van der Waals surface area contributed by atoms with Gasteiger partial charge in [-0.05, 0) is 61.6 Å². The normalized spacial score (nSPS) is 11.3. The average Bonchev–Trinajstić information content (AvgIpc) is 2.67. The van der Waals surface area contributed by atoms with E-state index in [4.69, 9.17) is 10.00 Å². The number of nitrogens with zero attached hydrogens (tertiary/aromatic N) is 1. The second-order valence-electron chi connectivity index (χ2n) is 6.60. The molecular weight excluding hydrogens is 340 g/mol. The molecule has 0 bridgehead atoms. The van der Waals surface area contributed by atoms with Crippen LogP contribution in [-0.2, 0) is 20.7 Å². The largest absolute Gasteiger partial charge is 0.456 e. The number of carbonyl (C=O) groups is 2. The fourth-order valence-electron chi connectivity index (χ4n) is 2.61. The van der Waals surface area contributed by atoms with E-state index in [2.05, 4.69) is 5.32 Å².